The van der Waals surface area contributed by atoms with Gasteiger partial charge in [-0.2, -0.15) is 0 Å². The van der Waals surface area contributed by atoms with Crippen molar-refractivity contribution in [1.29, 1.82) is 0 Å². The quantitative estimate of drug-likeness (QED) is 0.515. The minimum atomic E-state index is -1.16. The van der Waals surface area contributed by atoms with E-state index >= 15 is 0 Å². The molecule has 0 spiro atoms. The maximum Gasteiger partial charge on any atom is 0.247 e. The van der Waals surface area contributed by atoms with Crippen LogP contribution in [-0.4, -0.2) is 30.2 Å². The molecule has 4 nitrogen and oxygen atoms in total. The SMILES string of the molecule is C=C(Cl)CNCC(O)C(N)=O. The summed E-state index contributed by atoms with van der Waals surface area (Å²) in [5.74, 6) is -0.752. The van der Waals surface area contributed by atoms with Crippen LogP contribution in [-0.2, 0) is 4.79 Å². The van der Waals surface area contributed by atoms with Gasteiger partial charge >= 0.3 is 0 Å². The van der Waals surface area contributed by atoms with E-state index in [1.165, 1.54) is 0 Å². The Morgan fingerprint density at radius 3 is 2.73 bits per heavy atom. The van der Waals surface area contributed by atoms with E-state index in [9.17, 15) is 4.79 Å². The normalized spacial score (nSPS) is 12.5. The van der Waals surface area contributed by atoms with E-state index < -0.39 is 12.0 Å². The zero-order valence-electron chi connectivity index (χ0n) is 6.01. The van der Waals surface area contributed by atoms with Gasteiger partial charge in [-0.25, -0.2) is 0 Å². The number of hydrogen-bond donors (Lipinski definition) is 3. The first-order chi connectivity index (χ1) is 5.04. The lowest BCUT2D eigenvalue weighted by Crippen LogP contribution is -2.37. The van der Waals surface area contributed by atoms with Gasteiger partial charge in [0.15, 0.2) is 0 Å². The summed E-state index contributed by atoms with van der Waals surface area (Å²) < 4.78 is 0. The number of halogens is 1. The number of carbonyl (C=O) groups is 1. The molecule has 0 bridgehead atoms. The third-order valence-electron chi connectivity index (χ3n) is 0.983. The summed E-state index contributed by atoms with van der Waals surface area (Å²) in [5.41, 5.74) is 4.77. The fourth-order valence-electron chi connectivity index (χ4n) is 0.445. The highest BCUT2D eigenvalue weighted by Crippen LogP contribution is 1.91. The lowest BCUT2D eigenvalue weighted by Gasteiger charge is -2.06. The van der Waals surface area contributed by atoms with Crippen LogP contribution in [0.3, 0.4) is 0 Å². The molecule has 1 unspecified atom stereocenters. The molecular formula is C6H11ClN2O2. The average molecular weight is 179 g/mol. The summed E-state index contributed by atoms with van der Waals surface area (Å²) in [6, 6.07) is 0. The lowest BCUT2D eigenvalue weighted by molar-refractivity contribution is -0.125. The van der Waals surface area contributed by atoms with Gasteiger partial charge in [0.1, 0.15) is 6.10 Å². The molecule has 0 fully saturated rings. The Morgan fingerprint density at radius 1 is 1.82 bits per heavy atom. The van der Waals surface area contributed by atoms with Crippen molar-refractivity contribution in [1.82, 2.24) is 5.32 Å². The number of amides is 1. The Labute approximate surface area is 70.0 Å². The Morgan fingerprint density at radius 2 is 2.36 bits per heavy atom. The molecule has 64 valence electrons. The van der Waals surface area contributed by atoms with E-state index in [-0.39, 0.29) is 6.54 Å². The van der Waals surface area contributed by atoms with E-state index in [4.69, 9.17) is 22.4 Å². The predicted molar refractivity (Wildman–Crippen MR) is 43.1 cm³/mol. The second-order valence-corrected chi connectivity index (χ2v) is 2.60. The number of hydrogen-bond acceptors (Lipinski definition) is 3. The van der Waals surface area contributed by atoms with Gasteiger partial charge in [-0.15, -0.1) is 0 Å². The summed E-state index contributed by atoms with van der Waals surface area (Å²) in [6.07, 6.45) is -1.16. The zero-order chi connectivity index (χ0) is 8.85. The number of carbonyl (C=O) groups excluding carboxylic acids is 1. The molecule has 1 amide bonds. The van der Waals surface area contributed by atoms with Crippen molar-refractivity contribution in [2.24, 2.45) is 5.73 Å². The van der Waals surface area contributed by atoms with Crippen molar-refractivity contribution < 1.29 is 9.90 Å². The molecule has 0 aromatic carbocycles. The van der Waals surface area contributed by atoms with Gasteiger partial charge in [0, 0.05) is 18.1 Å². The van der Waals surface area contributed by atoms with Crippen molar-refractivity contribution in [2.75, 3.05) is 13.1 Å². The van der Waals surface area contributed by atoms with Crippen molar-refractivity contribution in [3.05, 3.63) is 11.6 Å². The number of nitrogens with two attached hydrogens (primary N) is 1. The topological polar surface area (TPSA) is 75.3 Å². The van der Waals surface area contributed by atoms with E-state index in [1.807, 2.05) is 0 Å². The van der Waals surface area contributed by atoms with Gasteiger partial charge < -0.3 is 16.2 Å². The van der Waals surface area contributed by atoms with Gasteiger partial charge in [0.2, 0.25) is 5.91 Å². The molecule has 4 N–H and O–H groups in total. The fourth-order valence-corrected chi connectivity index (χ4v) is 0.540. The Kier molecular flexibility index (Phi) is 4.85. The Balaban J connectivity index is 3.39. The first kappa shape index (κ1) is 10.4. The third kappa shape index (κ3) is 5.84. The Bertz CT molecular complexity index is 161. The fraction of sp³-hybridized carbons (Fsp3) is 0.500. The van der Waals surface area contributed by atoms with Gasteiger partial charge in [0.25, 0.3) is 0 Å². The van der Waals surface area contributed by atoms with E-state index in [0.717, 1.165) is 0 Å². The van der Waals surface area contributed by atoms with Crippen molar-refractivity contribution in [2.45, 2.75) is 6.10 Å². The van der Waals surface area contributed by atoms with Gasteiger partial charge in [-0.3, -0.25) is 4.79 Å². The van der Waals surface area contributed by atoms with E-state index in [1.54, 1.807) is 0 Å². The molecule has 0 heterocycles. The standard InChI is InChI=1S/C6H11ClN2O2/c1-4(7)2-9-3-5(10)6(8)11/h5,9-10H,1-3H2,(H2,8,11). The number of rotatable bonds is 5. The number of primary amides is 1. The van der Waals surface area contributed by atoms with Crippen molar-refractivity contribution in [3.8, 4) is 0 Å². The lowest BCUT2D eigenvalue weighted by atomic mass is 10.3. The van der Waals surface area contributed by atoms with Crippen LogP contribution in [0.15, 0.2) is 11.6 Å². The van der Waals surface area contributed by atoms with Gasteiger partial charge in [-0.1, -0.05) is 18.2 Å². The molecule has 0 aromatic heterocycles. The molecule has 1 atom stereocenters. The molecule has 0 radical (unpaired) electrons. The number of aliphatic hydroxyl groups excluding tert-OH is 1. The minimum absolute atomic E-state index is 0.0983. The van der Waals surface area contributed by atoms with Crippen LogP contribution in [0, 0.1) is 0 Å². The maximum absolute atomic E-state index is 10.3. The summed E-state index contributed by atoms with van der Waals surface area (Å²) in [4.78, 5) is 10.3. The number of aliphatic hydroxyl groups is 1. The number of nitrogens with one attached hydrogen (secondary N) is 1. The van der Waals surface area contributed by atoms with Crippen molar-refractivity contribution in [3.63, 3.8) is 0 Å². The molecule has 0 saturated carbocycles. The maximum atomic E-state index is 10.3. The predicted octanol–water partition coefficient (Wildman–Crippen LogP) is -0.825. The molecule has 0 aromatic rings. The van der Waals surface area contributed by atoms with Gasteiger partial charge in [-0.05, 0) is 0 Å². The molecular weight excluding hydrogens is 168 g/mol. The van der Waals surface area contributed by atoms with Crippen LogP contribution in [0.5, 0.6) is 0 Å². The second kappa shape index (κ2) is 5.12. The van der Waals surface area contributed by atoms with Gasteiger partial charge in [0.05, 0.1) is 0 Å². The van der Waals surface area contributed by atoms with Crippen molar-refractivity contribution >= 4 is 17.5 Å². The monoisotopic (exact) mass is 178 g/mol. The van der Waals surface area contributed by atoms with Crippen LogP contribution >= 0.6 is 11.6 Å². The van der Waals surface area contributed by atoms with Crippen LogP contribution in [0.1, 0.15) is 0 Å². The third-order valence-corrected chi connectivity index (χ3v) is 1.12. The molecule has 0 aliphatic rings. The minimum Gasteiger partial charge on any atom is -0.382 e. The van der Waals surface area contributed by atoms with Crippen LogP contribution in [0.2, 0.25) is 0 Å². The molecule has 5 heteroatoms. The van der Waals surface area contributed by atoms with E-state index in [2.05, 4.69) is 11.9 Å². The van der Waals surface area contributed by atoms with Crippen LogP contribution < -0.4 is 11.1 Å². The highest BCUT2D eigenvalue weighted by atomic mass is 35.5. The summed E-state index contributed by atoms with van der Waals surface area (Å²) >= 11 is 5.39. The summed E-state index contributed by atoms with van der Waals surface area (Å²) in [6.45, 7) is 3.85. The smallest absolute Gasteiger partial charge is 0.247 e. The van der Waals surface area contributed by atoms with E-state index in [0.29, 0.717) is 11.6 Å². The van der Waals surface area contributed by atoms with Crippen LogP contribution in [0.4, 0.5) is 0 Å². The zero-order valence-corrected chi connectivity index (χ0v) is 6.77. The molecule has 0 aliphatic carbocycles. The first-order valence-corrected chi connectivity index (χ1v) is 3.43. The first-order valence-electron chi connectivity index (χ1n) is 3.05. The van der Waals surface area contributed by atoms with Crippen LogP contribution in [0.25, 0.3) is 0 Å². The molecule has 0 aliphatic heterocycles. The largest absolute Gasteiger partial charge is 0.382 e. The second-order valence-electron chi connectivity index (χ2n) is 2.07. The Hall–Kier alpha value is -0.580. The summed E-state index contributed by atoms with van der Waals surface area (Å²) in [7, 11) is 0. The highest BCUT2D eigenvalue weighted by molar-refractivity contribution is 6.29. The molecule has 11 heavy (non-hydrogen) atoms. The molecule has 0 rings (SSSR count). The highest BCUT2D eigenvalue weighted by Gasteiger charge is 2.08. The summed E-state index contributed by atoms with van der Waals surface area (Å²) in [5, 5.41) is 11.9. The average Bonchev–Trinajstić information content (AvgIpc) is 1.86. The molecule has 0 saturated heterocycles.